The summed E-state index contributed by atoms with van der Waals surface area (Å²) in [6, 6.07) is 1.50. The minimum absolute atomic E-state index is 0.173. The molecule has 0 fully saturated rings. The first-order valence-corrected chi connectivity index (χ1v) is 4.93. The number of rotatable bonds is 4. The topological polar surface area (TPSA) is 77.8 Å². The summed E-state index contributed by atoms with van der Waals surface area (Å²) in [5, 5.41) is 7.59. The van der Waals surface area contributed by atoms with Crippen LogP contribution in [0, 0.1) is 5.82 Å². The average Bonchev–Trinajstić information content (AvgIpc) is 2.75. The SMILES string of the molecule is NCCCc1nnc(-c2ccncc2F)o1. The maximum atomic E-state index is 13.3. The van der Waals surface area contributed by atoms with Crippen LogP contribution in [0.5, 0.6) is 0 Å². The van der Waals surface area contributed by atoms with Gasteiger partial charge in [-0.1, -0.05) is 0 Å². The van der Waals surface area contributed by atoms with Gasteiger partial charge in [-0.25, -0.2) is 4.39 Å². The van der Waals surface area contributed by atoms with Crippen molar-refractivity contribution < 1.29 is 8.81 Å². The smallest absolute Gasteiger partial charge is 0.250 e. The Morgan fingerprint density at radius 2 is 2.25 bits per heavy atom. The largest absolute Gasteiger partial charge is 0.421 e. The summed E-state index contributed by atoms with van der Waals surface area (Å²) in [4.78, 5) is 3.65. The zero-order chi connectivity index (χ0) is 11.4. The first-order chi connectivity index (χ1) is 7.81. The fourth-order valence-electron chi connectivity index (χ4n) is 1.27. The summed E-state index contributed by atoms with van der Waals surface area (Å²) in [7, 11) is 0. The molecule has 5 nitrogen and oxygen atoms in total. The van der Waals surface area contributed by atoms with E-state index in [1.807, 2.05) is 0 Å². The molecule has 0 bridgehead atoms. The molecule has 0 unspecified atom stereocenters. The van der Waals surface area contributed by atoms with Crippen LogP contribution in [-0.4, -0.2) is 21.7 Å². The molecule has 2 rings (SSSR count). The Labute approximate surface area is 91.5 Å². The molecule has 0 aliphatic carbocycles. The van der Waals surface area contributed by atoms with E-state index in [-0.39, 0.29) is 11.5 Å². The van der Waals surface area contributed by atoms with Crippen LogP contribution in [-0.2, 0) is 6.42 Å². The van der Waals surface area contributed by atoms with Crippen molar-refractivity contribution in [2.75, 3.05) is 6.54 Å². The molecule has 16 heavy (non-hydrogen) atoms. The van der Waals surface area contributed by atoms with Gasteiger partial charge < -0.3 is 10.2 Å². The number of aryl methyl sites for hydroxylation is 1. The van der Waals surface area contributed by atoms with Gasteiger partial charge in [0.2, 0.25) is 5.89 Å². The molecule has 84 valence electrons. The van der Waals surface area contributed by atoms with Crippen LogP contribution in [0.25, 0.3) is 11.5 Å². The average molecular weight is 222 g/mol. The molecule has 0 aliphatic heterocycles. The normalized spacial score (nSPS) is 10.6. The van der Waals surface area contributed by atoms with E-state index in [2.05, 4.69) is 15.2 Å². The zero-order valence-electron chi connectivity index (χ0n) is 8.56. The molecule has 0 aromatic carbocycles. The second kappa shape index (κ2) is 4.80. The van der Waals surface area contributed by atoms with Gasteiger partial charge in [0.25, 0.3) is 5.89 Å². The Morgan fingerprint density at radius 1 is 1.38 bits per heavy atom. The van der Waals surface area contributed by atoms with Crippen molar-refractivity contribution >= 4 is 0 Å². The molecule has 0 aliphatic rings. The van der Waals surface area contributed by atoms with Crippen LogP contribution in [0.1, 0.15) is 12.3 Å². The lowest BCUT2D eigenvalue weighted by molar-refractivity contribution is 0.495. The maximum Gasteiger partial charge on any atom is 0.250 e. The van der Waals surface area contributed by atoms with Crippen molar-refractivity contribution in [2.45, 2.75) is 12.8 Å². The van der Waals surface area contributed by atoms with E-state index in [9.17, 15) is 4.39 Å². The molecular weight excluding hydrogens is 211 g/mol. The summed E-state index contributed by atoms with van der Waals surface area (Å²) < 4.78 is 18.6. The molecule has 2 N–H and O–H groups in total. The zero-order valence-corrected chi connectivity index (χ0v) is 8.56. The lowest BCUT2D eigenvalue weighted by Crippen LogP contribution is -2.00. The van der Waals surface area contributed by atoms with Crippen molar-refractivity contribution in [1.82, 2.24) is 15.2 Å². The predicted octanol–water partition coefficient (Wildman–Crippen LogP) is 1.16. The van der Waals surface area contributed by atoms with E-state index in [1.165, 1.54) is 12.3 Å². The van der Waals surface area contributed by atoms with Crippen LogP contribution >= 0.6 is 0 Å². The highest BCUT2D eigenvalue weighted by atomic mass is 19.1. The van der Waals surface area contributed by atoms with E-state index in [4.69, 9.17) is 10.2 Å². The molecule has 2 aromatic rings. The van der Waals surface area contributed by atoms with E-state index < -0.39 is 5.82 Å². The number of aromatic nitrogens is 3. The third-order valence-corrected chi connectivity index (χ3v) is 2.06. The number of pyridine rings is 1. The number of halogens is 1. The molecule has 6 heteroatoms. The minimum atomic E-state index is -0.475. The van der Waals surface area contributed by atoms with Gasteiger partial charge in [0.15, 0.2) is 5.82 Å². The Morgan fingerprint density at radius 3 is 3.00 bits per heavy atom. The summed E-state index contributed by atoms with van der Waals surface area (Å²) in [6.07, 6.45) is 3.96. The van der Waals surface area contributed by atoms with E-state index in [0.29, 0.717) is 18.9 Å². The first kappa shape index (κ1) is 10.7. The Balaban J connectivity index is 2.22. The second-order valence-electron chi connectivity index (χ2n) is 3.25. The standard InChI is InChI=1S/C10H11FN4O/c11-8-6-13-5-3-7(8)10-15-14-9(16-10)2-1-4-12/h3,5-6H,1-2,4,12H2. The Bertz CT molecular complexity index is 471. The van der Waals surface area contributed by atoms with Crippen LogP contribution < -0.4 is 5.73 Å². The van der Waals surface area contributed by atoms with Gasteiger partial charge in [-0.05, 0) is 19.0 Å². The number of nitrogens with two attached hydrogens (primary N) is 1. The molecule has 0 saturated carbocycles. The first-order valence-electron chi connectivity index (χ1n) is 4.93. The summed E-state index contributed by atoms with van der Waals surface area (Å²) in [5.74, 6) is 0.167. The fourth-order valence-corrected chi connectivity index (χ4v) is 1.27. The molecule has 0 radical (unpaired) electrons. The lowest BCUT2D eigenvalue weighted by Gasteiger charge is -1.95. The fraction of sp³-hybridized carbons (Fsp3) is 0.300. The van der Waals surface area contributed by atoms with E-state index in [1.54, 1.807) is 0 Å². The van der Waals surface area contributed by atoms with Crippen LogP contribution in [0.15, 0.2) is 22.9 Å². The van der Waals surface area contributed by atoms with Crippen molar-refractivity contribution in [3.63, 3.8) is 0 Å². The van der Waals surface area contributed by atoms with Gasteiger partial charge >= 0.3 is 0 Å². The van der Waals surface area contributed by atoms with Gasteiger partial charge in [0.1, 0.15) is 0 Å². The minimum Gasteiger partial charge on any atom is -0.421 e. The number of nitrogens with zero attached hydrogens (tertiary/aromatic N) is 3. The maximum absolute atomic E-state index is 13.3. The van der Waals surface area contributed by atoms with Crippen molar-refractivity contribution in [1.29, 1.82) is 0 Å². The lowest BCUT2D eigenvalue weighted by atomic mass is 10.2. The van der Waals surface area contributed by atoms with Crippen molar-refractivity contribution in [3.8, 4) is 11.5 Å². The second-order valence-corrected chi connectivity index (χ2v) is 3.25. The predicted molar refractivity (Wildman–Crippen MR) is 54.9 cm³/mol. The highest BCUT2D eigenvalue weighted by molar-refractivity contribution is 5.51. The molecule has 0 amide bonds. The molecule has 2 aromatic heterocycles. The quantitative estimate of drug-likeness (QED) is 0.839. The summed E-state index contributed by atoms with van der Waals surface area (Å²) in [5.41, 5.74) is 5.63. The molecule has 0 spiro atoms. The van der Waals surface area contributed by atoms with Crippen LogP contribution in [0.4, 0.5) is 4.39 Å². The Kier molecular flexibility index (Phi) is 3.21. The van der Waals surface area contributed by atoms with Crippen LogP contribution in [0.3, 0.4) is 0 Å². The summed E-state index contributed by atoms with van der Waals surface area (Å²) in [6.45, 7) is 0.557. The summed E-state index contributed by atoms with van der Waals surface area (Å²) >= 11 is 0. The van der Waals surface area contributed by atoms with Gasteiger partial charge in [-0.15, -0.1) is 10.2 Å². The highest BCUT2D eigenvalue weighted by Crippen LogP contribution is 2.20. The van der Waals surface area contributed by atoms with E-state index >= 15 is 0 Å². The van der Waals surface area contributed by atoms with E-state index in [0.717, 1.165) is 12.6 Å². The third-order valence-electron chi connectivity index (χ3n) is 2.06. The molecular formula is C10H11FN4O. The molecule has 0 atom stereocenters. The third kappa shape index (κ3) is 2.22. The highest BCUT2D eigenvalue weighted by Gasteiger charge is 2.12. The Hall–Kier alpha value is -1.82. The van der Waals surface area contributed by atoms with Gasteiger partial charge in [-0.3, -0.25) is 4.98 Å². The monoisotopic (exact) mass is 222 g/mol. The van der Waals surface area contributed by atoms with Crippen molar-refractivity contribution in [2.24, 2.45) is 5.73 Å². The van der Waals surface area contributed by atoms with Crippen LogP contribution in [0.2, 0.25) is 0 Å². The van der Waals surface area contributed by atoms with Crippen molar-refractivity contribution in [3.05, 3.63) is 30.2 Å². The van der Waals surface area contributed by atoms with Gasteiger partial charge in [0, 0.05) is 12.6 Å². The molecule has 2 heterocycles. The molecule has 0 saturated heterocycles. The number of hydrogen-bond donors (Lipinski definition) is 1. The van der Waals surface area contributed by atoms with Gasteiger partial charge in [0.05, 0.1) is 11.8 Å². The van der Waals surface area contributed by atoms with Gasteiger partial charge in [-0.2, -0.15) is 0 Å². The number of hydrogen-bond acceptors (Lipinski definition) is 5.